The van der Waals surface area contributed by atoms with Gasteiger partial charge in [-0.1, -0.05) is 39.0 Å². The first kappa shape index (κ1) is 14.1. The molecule has 0 spiro atoms. The molecule has 1 atom stereocenters. The molecule has 0 heterocycles. The molecule has 0 saturated heterocycles. The zero-order chi connectivity index (χ0) is 12.7. The molecule has 1 rings (SSSR count). The Kier molecular flexibility index (Phi) is 6.07. The fourth-order valence-electron chi connectivity index (χ4n) is 2.22. The normalized spacial score (nSPS) is 18.7. The lowest BCUT2D eigenvalue weighted by Gasteiger charge is -2.23. The second-order valence-electron chi connectivity index (χ2n) is 5.17. The van der Waals surface area contributed by atoms with Gasteiger partial charge in [0.25, 0.3) is 0 Å². The van der Waals surface area contributed by atoms with E-state index < -0.39 is 0 Å². The molecule has 1 fully saturated rings. The van der Waals surface area contributed by atoms with E-state index in [1.54, 1.807) is 0 Å². The van der Waals surface area contributed by atoms with Crippen molar-refractivity contribution in [2.45, 2.75) is 58.0 Å². The van der Waals surface area contributed by atoms with E-state index in [0.29, 0.717) is 18.5 Å². The molecule has 1 unspecified atom stereocenters. The maximum Gasteiger partial charge on any atom is 0.234 e. The highest BCUT2D eigenvalue weighted by Gasteiger charge is 2.16. The molecule has 0 aromatic heterocycles. The Hall–Kier alpha value is -1.01. The van der Waals surface area contributed by atoms with Gasteiger partial charge in [-0.3, -0.25) is 10.1 Å². The number of nitrogens with one attached hydrogen (secondary N) is 2. The van der Waals surface area contributed by atoms with E-state index >= 15 is 0 Å². The summed E-state index contributed by atoms with van der Waals surface area (Å²) in [6.07, 6.45) is 11.4. The fourth-order valence-corrected chi connectivity index (χ4v) is 2.22. The third kappa shape index (κ3) is 5.23. The molecule has 3 nitrogen and oxygen atoms in total. The van der Waals surface area contributed by atoms with Crippen molar-refractivity contribution >= 4 is 5.91 Å². The summed E-state index contributed by atoms with van der Waals surface area (Å²) in [5, 5.41) is 6.18. The number of hydrogen-bond acceptors (Lipinski definition) is 2. The van der Waals surface area contributed by atoms with Crippen molar-refractivity contribution in [3.63, 3.8) is 0 Å². The SMILES string of the molecule is C#CC(NCC(=O)NC1CCCCC1)C(C)C. The first-order valence-electron chi connectivity index (χ1n) is 6.62. The van der Waals surface area contributed by atoms with Gasteiger partial charge in [-0.15, -0.1) is 6.42 Å². The Balaban J connectivity index is 2.22. The third-order valence-electron chi connectivity index (χ3n) is 3.30. The van der Waals surface area contributed by atoms with E-state index in [1.165, 1.54) is 19.3 Å². The topological polar surface area (TPSA) is 41.1 Å². The summed E-state index contributed by atoms with van der Waals surface area (Å²) in [7, 11) is 0. The Morgan fingerprint density at radius 2 is 2.00 bits per heavy atom. The Labute approximate surface area is 105 Å². The largest absolute Gasteiger partial charge is 0.352 e. The average molecular weight is 236 g/mol. The van der Waals surface area contributed by atoms with Crippen LogP contribution in [0.5, 0.6) is 0 Å². The highest BCUT2D eigenvalue weighted by Crippen LogP contribution is 2.17. The lowest BCUT2D eigenvalue weighted by molar-refractivity contribution is -0.121. The van der Waals surface area contributed by atoms with Gasteiger partial charge >= 0.3 is 0 Å². The molecule has 1 saturated carbocycles. The van der Waals surface area contributed by atoms with Gasteiger partial charge in [0.15, 0.2) is 0 Å². The summed E-state index contributed by atoms with van der Waals surface area (Å²) >= 11 is 0. The smallest absolute Gasteiger partial charge is 0.234 e. The molecule has 1 aliphatic carbocycles. The molecule has 17 heavy (non-hydrogen) atoms. The van der Waals surface area contributed by atoms with Gasteiger partial charge in [-0.2, -0.15) is 0 Å². The van der Waals surface area contributed by atoms with E-state index in [1.807, 2.05) is 0 Å². The van der Waals surface area contributed by atoms with Crippen molar-refractivity contribution in [1.82, 2.24) is 10.6 Å². The van der Waals surface area contributed by atoms with Crippen LogP contribution in [0.1, 0.15) is 46.0 Å². The number of terminal acetylenes is 1. The fraction of sp³-hybridized carbons (Fsp3) is 0.786. The Bertz CT molecular complexity index is 274. The van der Waals surface area contributed by atoms with Crippen molar-refractivity contribution in [1.29, 1.82) is 0 Å². The third-order valence-corrected chi connectivity index (χ3v) is 3.30. The monoisotopic (exact) mass is 236 g/mol. The van der Waals surface area contributed by atoms with Crippen molar-refractivity contribution in [3.8, 4) is 12.3 Å². The minimum atomic E-state index is -0.0212. The lowest BCUT2D eigenvalue weighted by atomic mass is 9.95. The van der Waals surface area contributed by atoms with E-state index in [4.69, 9.17) is 6.42 Å². The van der Waals surface area contributed by atoms with Gasteiger partial charge in [-0.05, 0) is 18.8 Å². The molecular weight excluding hydrogens is 212 g/mol. The van der Waals surface area contributed by atoms with Crippen LogP contribution < -0.4 is 10.6 Å². The quantitative estimate of drug-likeness (QED) is 0.713. The second kappa shape index (κ2) is 7.34. The summed E-state index contributed by atoms with van der Waals surface area (Å²) < 4.78 is 0. The first-order chi connectivity index (χ1) is 8.13. The van der Waals surface area contributed by atoms with Gasteiger partial charge in [-0.25, -0.2) is 0 Å². The molecule has 0 bridgehead atoms. The van der Waals surface area contributed by atoms with Gasteiger partial charge in [0.05, 0.1) is 12.6 Å². The van der Waals surface area contributed by atoms with Crippen LogP contribution >= 0.6 is 0 Å². The maximum absolute atomic E-state index is 11.7. The predicted octanol–water partition coefficient (Wildman–Crippen LogP) is 1.68. The molecule has 2 N–H and O–H groups in total. The summed E-state index contributed by atoms with van der Waals surface area (Å²) in [6, 6.07) is 0.355. The zero-order valence-electron chi connectivity index (χ0n) is 11.0. The van der Waals surface area contributed by atoms with Crippen molar-refractivity contribution in [3.05, 3.63) is 0 Å². The zero-order valence-corrected chi connectivity index (χ0v) is 11.0. The number of amides is 1. The molecule has 1 amide bonds. The molecule has 96 valence electrons. The number of rotatable bonds is 5. The van der Waals surface area contributed by atoms with Crippen LogP contribution in [-0.2, 0) is 4.79 Å². The average Bonchev–Trinajstić information content (AvgIpc) is 2.30. The minimum Gasteiger partial charge on any atom is -0.352 e. The van der Waals surface area contributed by atoms with Crippen molar-refractivity contribution in [2.75, 3.05) is 6.54 Å². The molecular formula is C14H24N2O. The molecule has 3 heteroatoms. The second-order valence-corrected chi connectivity index (χ2v) is 5.17. The van der Waals surface area contributed by atoms with Gasteiger partial charge in [0.1, 0.15) is 0 Å². The number of carbonyl (C=O) groups excluding carboxylic acids is 1. The van der Waals surface area contributed by atoms with Crippen LogP contribution in [0.4, 0.5) is 0 Å². The predicted molar refractivity (Wildman–Crippen MR) is 70.5 cm³/mol. The molecule has 0 aliphatic heterocycles. The van der Waals surface area contributed by atoms with E-state index in [0.717, 1.165) is 12.8 Å². The Morgan fingerprint density at radius 1 is 1.35 bits per heavy atom. The van der Waals surface area contributed by atoms with Crippen LogP contribution in [0.25, 0.3) is 0 Å². The van der Waals surface area contributed by atoms with E-state index in [2.05, 4.69) is 30.4 Å². The minimum absolute atomic E-state index is 0.0212. The van der Waals surface area contributed by atoms with Gasteiger partial charge < -0.3 is 5.32 Å². The Morgan fingerprint density at radius 3 is 2.53 bits per heavy atom. The molecule has 1 aliphatic rings. The number of hydrogen-bond donors (Lipinski definition) is 2. The van der Waals surface area contributed by atoms with Crippen LogP contribution in [0.3, 0.4) is 0 Å². The highest BCUT2D eigenvalue weighted by molar-refractivity contribution is 5.78. The van der Waals surface area contributed by atoms with Crippen LogP contribution in [0, 0.1) is 18.3 Å². The molecule has 0 aromatic rings. The summed E-state index contributed by atoms with van der Waals surface area (Å²) in [5.41, 5.74) is 0. The summed E-state index contributed by atoms with van der Waals surface area (Å²) in [5.74, 6) is 3.09. The number of carbonyl (C=O) groups is 1. The molecule has 0 aromatic carbocycles. The lowest BCUT2D eigenvalue weighted by Crippen LogP contribution is -2.44. The van der Waals surface area contributed by atoms with Gasteiger partial charge in [0, 0.05) is 6.04 Å². The van der Waals surface area contributed by atoms with Crippen LogP contribution in [0.2, 0.25) is 0 Å². The highest BCUT2D eigenvalue weighted by atomic mass is 16.1. The van der Waals surface area contributed by atoms with Crippen LogP contribution in [-0.4, -0.2) is 24.5 Å². The van der Waals surface area contributed by atoms with Gasteiger partial charge in [0.2, 0.25) is 5.91 Å². The summed E-state index contributed by atoms with van der Waals surface area (Å²) in [4.78, 5) is 11.7. The van der Waals surface area contributed by atoms with Crippen molar-refractivity contribution in [2.24, 2.45) is 5.92 Å². The molecule has 0 radical (unpaired) electrons. The van der Waals surface area contributed by atoms with Crippen LogP contribution in [0.15, 0.2) is 0 Å². The van der Waals surface area contributed by atoms with E-state index in [-0.39, 0.29) is 11.9 Å². The maximum atomic E-state index is 11.7. The van der Waals surface area contributed by atoms with Crippen molar-refractivity contribution < 1.29 is 4.79 Å². The standard InChI is InChI=1S/C14H24N2O/c1-4-13(11(2)3)15-10-14(17)16-12-8-6-5-7-9-12/h1,11-13,15H,5-10H2,2-3H3,(H,16,17). The van der Waals surface area contributed by atoms with E-state index in [9.17, 15) is 4.79 Å². The summed E-state index contributed by atoms with van der Waals surface area (Å²) in [6.45, 7) is 4.43. The first-order valence-corrected chi connectivity index (χ1v) is 6.62.